The molecule has 0 amide bonds. The third-order valence-electron chi connectivity index (χ3n) is 6.05. The zero-order chi connectivity index (χ0) is 22.0. The number of ether oxygens (including phenoxy) is 5. The molecule has 0 spiro atoms. The molecule has 31 heavy (non-hydrogen) atoms. The van der Waals surface area contributed by atoms with Gasteiger partial charge >= 0.3 is 11.9 Å². The second-order valence-electron chi connectivity index (χ2n) is 7.73. The van der Waals surface area contributed by atoms with Crippen LogP contribution in [-0.2, 0) is 20.9 Å². The van der Waals surface area contributed by atoms with E-state index in [4.69, 9.17) is 23.7 Å². The summed E-state index contributed by atoms with van der Waals surface area (Å²) in [6.07, 6.45) is 2.39. The standard InChI is InChI=1S/C24H26O7/c1-4-29-23(26)24(11-6-12-24)14-31-20-16(9-10-19(27-2)21(20)28-3)15-7-5-8-17-18(15)13-30-22(17)25/h5,7-10H,4,6,11-14H2,1-3H3. The van der Waals surface area contributed by atoms with Gasteiger partial charge in [0.25, 0.3) is 0 Å². The highest BCUT2D eigenvalue weighted by Crippen LogP contribution is 2.49. The van der Waals surface area contributed by atoms with E-state index >= 15 is 0 Å². The lowest BCUT2D eigenvalue weighted by Crippen LogP contribution is -2.44. The summed E-state index contributed by atoms with van der Waals surface area (Å²) < 4.78 is 27.9. The molecule has 0 atom stereocenters. The number of cyclic esters (lactones) is 1. The van der Waals surface area contributed by atoms with Crippen LogP contribution in [-0.4, -0.2) is 39.4 Å². The maximum absolute atomic E-state index is 12.6. The number of methoxy groups -OCH3 is 2. The molecule has 1 aliphatic carbocycles. The van der Waals surface area contributed by atoms with Crippen molar-refractivity contribution >= 4 is 11.9 Å². The van der Waals surface area contributed by atoms with E-state index in [1.165, 1.54) is 0 Å². The summed E-state index contributed by atoms with van der Waals surface area (Å²) in [7, 11) is 3.10. The molecule has 1 fully saturated rings. The quantitative estimate of drug-likeness (QED) is 0.587. The number of hydrogen-bond acceptors (Lipinski definition) is 7. The van der Waals surface area contributed by atoms with Gasteiger partial charge in [0.1, 0.15) is 18.6 Å². The second kappa shape index (κ2) is 8.49. The Hall–Kier alpha value is -3.22. The highest BCUT2D eigenvalue weighted by molar-refractivity contribution is 5.96. The number of hydrogen-bond donors (Lipinski definition) is 0. The van der Waals surface area contributed by atoms with E-state index in [0.29, 0.717) is 29.4 Å². The lowest BCUT2D eigenvalue weighted by molar-refractivity contribution is -0.163. The highest BCUT2D eigenvalue weighted by Gasteiger charge is 2.47. The topological polar surface area (TPSA) is 80.3 Å². The SMILES string of the molecule is CCOC(=O)C1(COc2c(-c3cccc4c3COC4=O)ccc(OC)c2OC)CCC1. The van der Waals surface area contributed by atoms with Crippen molar-refractivity contribution < 1.29 is 33.3 Å². The third-order valence-corrected chi connectivity index (χ3v) is 6.05. The van der Waals surface area contributed by atoms with E-state index in [9.17, 15) is 9.59 Å². The van der Waals surface area contributed by atoms with Gasteiger partial charge in [-0.1, -0.05) is 18.6 Å². The Bertz CT molecular complexity index is 1010. The van der Waals surface area contributed by atoms with Crippen molar-refractivity contribution in [3.05, 3.63) is 41.5 Å². The first-order valence-electron chi connectivity index (χ1n) is 10.4. The molecule has 0 N–H and O–H groups in total. The van der Waals surface area contributed by atoms with Crippen LogP contribution in [0.3, 0.4) is 0 Å². The largest absolute Gasteiger partial charge is 0.493 e. The first kappa shape index (κ1) is 21.0. The molecule has 2 aromatic rings. The van der Waals surface area contributed by atoms with Crippen LogP contribution in [0.5, 0.6) is 17.2 Å². The molecular formula is C24H26O7. The Morgan fingerprint density at radius 3 is 2.45 bits per heavy atom. The number of carbonyl (C=O) groups excluding carboxylic acids is 2. The van der Waals surface area contributed by atoms with Gasteiger partial charge < -0.3 is 23.7 Å². The van der Waals surface area contributed by atoms with Crippen LogP contribution in [0.15, 0.2) is 30.3 Å². The molecule has 1 aliphatic heterocycles. The van der Waals surface area contributed by atoms with Crippen LogP contribution in [0.4, 0.5) is 0 Å². The van der Waals surface area contributed by atoms with Gasteiger partial charge in [-0.3, -0.25) is 4.79 Å². The molecule has 4 rings (SSSR count). The zero-order valence-electron chi connectivity index (χ0n) is 18.0. The van der Waals surface area contributed by atoms with Crippen molar-refractivity contribution in [1.82, 2.24) is 0 Å². The van der Waals surface area contributed by atoms with Crippen LogP contribution in [0, 0.1) is 5.41 Å². The van der Waals surface area contributed by atoms with E-state index in [-0.39, 0.29) is 25.2 Å². The van der Waals surface area contributed by atoms with E-state index in [1.807, 2.05) is 18.2 Å². The van der Waals surface area contributed by atoms with Gasteiger partial charge in [0, 0.05) is 11.1 Å². The molecule has 0 saturated heterocycles. The molecular weight excluding hydrogens is 400 g/mol. The first-order valence-corrected chi connectivity index (χ1v) is 10.4. The Morgan fingerprint density at radius 2 is 1.81 bits per heavy atom. The summed E-state index contributed by atoms with van der Waals surface area (Å²) in [5.74, 6) is 0.839. The number of benzene rings is 2. The molecule has 2 aliphatic rings. The lowest BCUT2D eigenvalue weighted by Gasteiger charge is -2.38. The van der Waals surface area contributed by atoms with Crippen molar-refractivity contribution in [2.75, 3.05) is 27.4 Å². The fourth-order valence-electron chi connectivity index (χ4n) is 4.16. The number of esters is 2. The zero-order valence-corrected chi connectivity index (χ0v) is 18.0. The summed E-state index contributed by atoms with van der Waals surface area (Å²) >= 11 is 0. The maximum atomic E-state index is 12.6. The van der Waals surface area contributed by atoms with Crippen molar-refractivity contribution in [2.45, 2.75) is 32.8 Å². The molecule has 0 radical (unpaired) electrons. The van der Waals surface area contributed by atoms with E-state index in [1.54, 1.807) is 33.3 Å². The summed E-state index contributed by atoms with van der Waals surface area (Å²) in [4.78, 5) is 24.6. The molecule has 1 heterocycles. The smallest absolute Gasteiger partial charge is 0.338 e. The van der Waals surface area contributed by atoms with E-state index in [2.05, 4.69) is 0 Å². The van der Waals surface area contributed by atoms with Crippen LogP contribution >= 0.6 is 0 Å². The summed E-state index contributed by atoms with van der Waals surface area (Å²) in [5, 5.41) is 0. The van der Waals surface area contributed by atoms with Gasteiger partial charge in [-0.15, -0.1) is 0 Å². The van der Waals surface area contributed by atoms with Gasteiger partial charge in [-0.2, -0.15) is 0 Å². The minimum atomic E-state index is -0.654. The fraction of sp³-hybridized carbons (Fsp3) is 0.417. The predicted molar refractivity (Wildman–Crippen MR) is 113 cm³/mol. The lowest BCUT2D eigenvalue weighted by atomic mass is 9.69. The molecule has 7 nitrogen and oxygen atoms in total. The van der Waals surface area contributed by atoms with Gasteiger partial charge in [0.15, 0.2) is 11.5 Å². The summed E-state index contributed by atoms with van der Waals surface area (Å²) in [6, 6.07) is 9.14. The molecule has 0 bridgehead atoms. The molecule has 164 valence electrons. The van der Waals surface area contributed by atoms with Crippen molar-refractivity contribution in [2.24, 2.45) is 5.41 Å². The molecule has 1 saturated carbocycles. The van der Waals surface area contributed by atoms with Crippen molar-refractivity contribution in [3.63, 3.8) is 0 Å². The number of rotatable bonds is 8. The monoisotopic (exact) mass is 426 g/mol. The normalized spacial score (nSPS) is 16.0. The Labute approximate surface area is 181 Å². The van der Waals surface area contributed by atoms with Gasteiger partial charge in [-0.25, -0.2) is 4.79 Å². The highest BCUT2D eigenvalue weighted by atomic mass is 16.6. The third kappa shape index (κ3) is 3.58. The fourth-order valence-corrected chi connectivity index (χ4v) is 4.16. The minimum absolute atomic E-state index is 0.173. The molecule has 0 unspecified atom stereocenters. The average molecular weight is 426 g/mol. The molecule has 0 aromatic heterocycles. The maximum Gasteiger partial charge on any atom is 0.338 e. The van der Waals surface area contributed by atoms with Crippen LogP contribution in [0.1, 0.15) is 42.1 Å². The van der Waals surface area contributed by atoms with E-state index in [0.717, 1.165) is 36.0 Å². The Morgan fingerprint density at radius 1 is 1.03 bits per heavy atom. The summed E-state index contributed by atoms with van der Waals surface area (Å²) in [5.41, 5.74) is 2.25. The van der Waals surface area contributed by atoms with Gasteiger partial charge in [-0.05, 0) is 43.5 Å². The van der Waals surface area contributed by atoms with E-state index < -0.39 is 5.41 Å². The second-order valence-corrected chi connectivity index (χ2v) is 7.73. The number of carbonyl (C=O) groups is 2. The van der Waals surface area contributed by atoms with Crippen LogP contribution < -0.4 is 14.2 Å². The summed E-state index contributed by atoms with van der Waals surface area (Å²) in [6.45, 7) is 2.50. The van der Waals surface area contributed by atoms with Crippen LogP contribution in [0.25, 0.3) is 11.1 Å². The predicted octanol–water partition coefficient (Wildman–Crippen LogP) is 4.15. The van der Waals surface area contributed by atoms with Gasteiger partial charge in [0.05, 0.1) is 26.4 Å². The van der Waals surface area contributed by atoms with Crippen molar-refractivity contribution in [3.8, 4) is 28.4 Å². The molecule has 7 heteroatoms. The Kier molecular flexibility index (Phi) is 5.76. The van der Waals surface area contributed by atoms with Crippen LogP contribution in [0.2, 0.25) is 0 Å². The average Bonchev–Trinajstić information content (AvgIpc) is 3.13. The number of fused-ring (bicyclic) bond motifs is 1. The molecule has 2 aromatic carbocycles. The van der Waals surface area contributed by atoms with Gasteiger partial charge in [0.2, 0.25) is 5.75 Å². The van der Waals surface area contributed by atoms with Crippen molar-refractivity contribution in [1.29, 1.82) is 0 Å². The first-order chi connectivity index (χ1) is 15.0. The Balaban J connectivity index is 1.76. The minimum Gasteiger partial charge on any atom is -0.493 e.